The van der Waals surface area contributed by atoms with Gasteiger partial charge in [-0.1, -0.05) is 0 Å². The van der Waals surface area contributed by atoms with Crippen LogP contribution in [0.3, 0.4) is 0 Å². The third-order valence-electron chi connectivity index (χ3n) is 4.25. The maximum atomic E-state index is 11.3. The van der Waals surface area contributed by atoms with Crippen LogP contribution in [-0.2, 0) is 13.1 Å². The number of rotatable bonds is 9. The van der Waals surface area contributed by atoms with Crippen molar-refractivity contribution in [3.63, 3.8) is 0 Å². The number of aromatic nitrogens is 7. The predicted octanol–water partition coefficient (Wildman–Crippen LogP) is 1.68. The first-order valence-electron chi connectivity index (χ1n) is 9.23. The molecule has 10 nitrogen and oxygen atoms in total. The Kier molecular flexibility index (Phi) is 5.41. The quantitative estimate of drug-likeness (QED) is 0.446. The number of H-pyrrole nitrogens is 2. The lowest BCUT2D eigenvalue weighted by Gasteiger charge is -2.14. The Balaban J connectivity index is 1.53. The number of benzene rings is 1. The molecule has 0 fully saturated rings. The number of aromatic amines is 2. The SMILES string of the molecule is CCOc1cc(-c2nccn2Cc2n[nH]c(=O)[nH]2)ccc1OCCn1ccnc1. The standard InChI is InChI=1S/C19H21N7O3/c1-2-28-16-11-14(3-4-15(16)29-10-9-25-7-5-20-13-25)18-21-6-8-26(18)12-17-22-19(27)24-23-17/h3-8,11,13H,2,9-10,12H2,1H3,(H2,22,23,24,27). The summed E-state index contributed by atoms with van der Waals surface area (Å²) in [6.07, 6.45) is 8.92. The molecule has 3 aromatic heterocycles. The molecule has 0 bridgehead atoms. The van der Waals surface area contributed by atoms with Gasteiger partial charge in [-0.2, -0.15) is 5.10 Å². The monoisotopic (exact) mass is 395 g/mol. The van der Waals surface area contributed by atoms with Crippen LogP contribution in [0.15, 0.2) is 54.1 Å². The predicted molar refractivity (Wildman–Crippen MR) is 105 cm³/mol. The minimum absolute atomic E-state index is 0.336. The minimum Gasteiger partial charge on any atom is -0.490 e. The fourth-order valence-corrected chi connectivity index (χ4v) is 2.95. The van der Waals surface area contributed by atoms with E-state index in [0.29, 0.717) is 43.6 Å². The van der Waals surface area contributed by atoms with Gasteiger partial charge in [0.25, 0.3) is 0 Å². The van der Waals surface area contributed by atoms with Crippen LogP contribution in [0.25, 0.3) is 11.4 Å². The molecule has 0 aliphatic heterocycles. The highest BCUT2D eigenvalue weighted by Gasteiger charge is 2.13. The zero-order valence-corrected chi connectivity index (χ0v) is 15.9. The molecule has 150 valence electrons. The van der Waals surface area contributed by atoms with Gasteiger partial charge < -0.3 is 18.6 Å². The van der Waals surface area contributed by atoms with Crippen molar-refractivity contribution in [2.45, 2.75) is 20.0 Å². The Hall–Kier alpha value is -3.82. The summed E-state index contributed by atoms with van der Waals surface area (Å²) in [4.78, 5) is 22.4. The first-order chi connectivity index (χ1) is 14.2. The highest BCUT2D eigenvalue weighted by atomic mass is 16.5. The summed E-state index contributed by atoms with van der Waals surface area (Å²) >= 11 is 0. The van der Waals surface area contributed by atoms with E-state index >= 15 is 0 Å². The van der Waals surface area contributed by atoms with E-state index in [9.17, 15) is 4.79 Å². The van der Waals surface area contributed by atoms with E-state index in [-0.39, 0.29) is 5.69 Å². The molecule has 3 heterocycles. The van der Waals surface area contributed by atoms with Crippen molar-refractivity contribution in [2.24, 2.45) is 0 Å². The van der Waals surface area contributed by atoms with Gasteiger partial charge in [0.05, 0.1) is 26.0 Å². The van der Waals surface area contributed by atoms with Gasteiger partial charge in [0, 0.05) is 30.4 Å². The van der Waals surface area contributed by atoms with Crippen molar-refractivity contribution in [2.75, 3.05) is 13.2 Å². The lowest BCUT2D eigenvalue weighted by atomic mass is 10.2. The summed E-state index contributed by atoms with van der Waals surface area (Å²) in [6.45, 7) is 4.03. The highest BCUT2D eigenvalue weighted by molar-refractivity contribution is 5.61. The molecular formula is C19H21N7O3. The molecule has 0 atom stereocenters. The number of hydrogen-bond acceptors (Lipinski definition) is 6. The summed E-state index contributed by atoms with van der Waals surface area (Å²) in [5, 5.41) is 6.31. The number of nitrogens with one attached hydrogen (secondary N) is 2. The Morgan fingerprint density at radius 3 is 2.83 bits per heavy atom. The molecule has 0 saturated carbocycles. The molecule has 0 amide bonds. The van der Waals surface area contributed by atoms with Crippen LogP contribution >= 0.6 is 0 Å². The van der Waals surface area contributed by atoms with Crippen LogP contribution in [0.4, 0.5) is 0 Å². The fraction of sp³-hybridized carbons (Fsp3) is 0.263. The van der Waals surface area contributed by atoms with Gasteiger partial charge in [-0.05, 0) is 25.1 Å². The molecule has 29 heavy (non-hydrogen) atoms. The molecule has 0 saturated heterocycles. The van der Waals surface area contributed by atoms with E-state index in [0.717, 1.165) is 11.4 Å². The second kappa shape index (κ2) is 8.46. The Morgan fingerprint density at radius 2 is 2.07 bits per heavy atom. The minimum atomic E-state index is -0.336. The molecule has 10 heteroatoms. The molecule has 0 unspecified atom stereocenters. The highest BCUT2D eigenvalue weighted by Crippen LogP contribution is 2.32. The smallest absolute Gasteiger partial charge is 0.340 e. The van der Waals surface area contributed by atoms with Crippen molar-refractivity contribution in [3.05, 3.63) is 65.6 Å². The van der Waals surface area contributed by atoms with Crippen LogP contribution in [0, 0.1) is 0 Å². The number of ether oxygens (including phenoxy) is 2. The largest absolute Gasteiger partial charge is 0.490 e. The van der Waals surface area contributed by atoms with Gasteiger partial charge in [-0.3, -0.25) is 4.98 Å². The van der Waals surface area contributed by atoms with Crippen LogP contribution in [0.2, 0.25) is 0 Å². The zero-order chi connectivity index (χ0) is 20.1. The summed E-state index contributed by atoms with van der Waals surface area (Å²) < 4.78 is 15.5. The molecular weight excluding hydrogens is 374 g/mol. The topological polar surface area (TPSA) is 116 Å². The van der Waals surface area contributed by atoms with Gasteiger partial charge in [0.2, 0.25) is 0 Å². The summed E-state index contributed by atoms with van der Waals surface area (Å²) in [6, 6.07) is 5.72. The van der Waals surface area contributed by atoms with Gasteiger partial charge in [-0.25, -0.2) is 19.9 Å². The van der Waals surface area contributed by atoms with E-state index in [2.05, 4.69) is 25.1 Å². The molecule has 0 radical (unpaired) electrons. The van der Waals surface area contributed by atoms with E-state index in [4.69, 9.17) is 9.47 Å². The van der Waals surface area contributed by atoms with Crippen LogP contribution in [-0.4, -0.2) is 47.5 Å². The van der Waals surface area contributed by atoms with Crippen molar-refractivity contribution < 1.29 is 9.47 Å². The van der Waals surface area contributed by atoms with Crippen molar-refractivity contribution >= 4 is 0 Å². The van der Waals surface area contributed by atoms with Crippen molar-refractivity contribution in [1.29, 1.82) is 0 Å². The fourth-order valence-electron chi connectivity index (χ4n) is 2.95. The molecule has 4 rings (SSSR count). The average molecular weight is 395 g/mol. The number of imidazole rings is 2. The molecule has 0 aliphatic rings. The van der Waals surface area contributed by atoms with E-state index in [1.54, 1.807) is 18.7 Å². The molecule has 0 aliphatic carbocycles. The first kappa shape index (κ1) is 18.5. The number of hydrogen-bond donors (Lipinski definition) is 2. The maximum Gasteiger partial charge on any atom is 0.340 e. The Labute approximate surface area is 166 Å². The third-order valence-corrected chi connectivity index (χ3v) is 4.25. The molecule has 0 spiro atoms. The normalized spacial score (nSPS) is 10.9. The Morgan fingerprint density at radius 1 is 1.14 bits per heavy atom. The van der Waals surface area contributed by atoms with Gasteiger partial charge in [0.15, 0.2) is 17.3 Å². The lowest BCUT2D eigenvalue weighted by Crippen LogP contribution is -2.08. The van der Waals surface area contributed by atoms with E-state index < -0.39 is 0 Å². The average Bonchev–Trinajstić information content (AvgIpc) is 3.46. The summed E-state index contributed by atoms with van der Waals surface area (Å²) in [5.74, 6) is 2.59. The van der Waals surface area contributed by atoms with Gasteiger partial charge in [-0.15, -0.1) is 0 Å². The van der Waals surface area contributed by atoms with Crippen LogP contribution < -0.4 is 15.2 Å². The van der Waals surface area contributed by atoms with E-state index in [1.807, 2.05) is 46.7 Å². The second-order valence-corrected chi connectivity index (χ2v) is 6.25. The molecule has 4 aromatic rings. The van der Waals surface area contributed by atoms with Crippen molar-refractivity contribution in [1.82, 2.24) is 34.3 Å². The first-order valence-corrected chi connectivity index (χ1v) is 9.23. The molecule has 1 aromatic carbocycles. The van der Waals surface area contributed by atoms with Crippen LogP contribution in [0.1, 0.15) is 12.7 Å². The van der Waals surface area contributed by atoms with Crippen molar-refractivity contribution in [3.8, 4) is 22.9 Å². The van der Waals surface area contributed by atoms with Gasteiger partial charge in [0.1, 0.15) is 12.4 Å². The van der Waals surface area contributed by atoms with E-state index in [1.165, 1.54) is 0 Å². The third kappa shape index (κ3) is 4.37. The Bertz CT molecular complexity index is 1110. The van der Waals surface area contributed by atoms with Gasteiger partial charge >= 0.3 is 5.69 Å². The summed E-state index contributed by atoms with van der Waals surface area (Å²) in [7, 11) is 0. The number of nitrogens with zero attached hydrogens (tertiary/aromatic N) is 5. The second-order valence-electron chi connectivity index (χ2n) is 6.25. The molecule has 2 N–H and O–H groups in total. The zero-order valence-electron chi connectivity index (χ0n) is 15.9. The summed E-state index contributed by atoms with van der Waals surface area (Å²) in [5.41, 5.74) is 0.538. The lowest BCUT2D eigenvalue weighted by molar-refractivity contribution is 0.266. The maximum absolute atomic E-state index is 11.3. The van der Waals surface area contributed by atoms with Crippen LogP contribution in [0.5, 0.6) is 11.5 Å².